The maximum Gasteiger partial charge on any atom is 0.416 e. The Morgan fingerprint density at radius 2 is 2.08 bits per heavy atom. The zero-order valence-corrected chi connectivity index (χ0v) is 14.8. The van der Waals surface area contributed by atoms with Crippen LogP contribution in [0.4, 0.5) is 18.2 Å². The standard InChI is InChI=1S/C13H10ClF3N2O4S2/c1-2-23-12(20)10-11(24-6-18-10)19-25(21,22)9-5-7(13(15,16)17)3-4-8(9)14/h3-6,19H,2H2,1H3. The molecule has 0 fully saturated rings. The number of anilines is 1. The van der Waals surface area contributed by atoms with Gasteiger partial charge in [0.15, 0.2) is 5.69 Å². The molecule has 0 unspecified atom stereocenters. The minimum atomic E-state index is -4.74. The number of carbonyl (C=O) groups is 1. The molecule has 6 nitrogen and oxygen atoms in total. The Kier molecular flexibility index (Phi) is 5.59. The van der Waals surface area contributed by atoms with Crippen LogP contribution in [0.3, 0.4) is 0 Å². The zero-order chi connectivity index (χ0) is 18.8. The fourth-order valence-corrected chi connectivity index (χ4v) is 4.24. The van der Waals surface area contributed by atoms with Gasteiger partial charge in [-0.25, -0.2) is 18.2 Å². The average molecular weight is 415 g/mol. The number of thiazole rings is 1. The summed E-state index contributed by atoms with van der Waals surface area (Å²) in [5.41, 5.74) is -0.275. The van der Waals surface area contributed by atoms with E-state index < -0.39 is 37.7 Å². The lowest BCUT2D eigenvalue weighted by atomic mass is 10.2. The first-order valence-electron chi connectivity index (χ1n) is 6.56. The van der Waals surface area contributed by atoms with Crippen LogP contribution in [0.2, 0.25) is 5.02 Å². The van der Waals surface area contributed by atoms with E-state index in [2.05, 4.69) is 4.98 Å². The minimum Gasteiger partial charge on any atom is -0.461 e. The SMILES string of the molecule is CCOC(=O)c1ncsc1NS(=O)(=O)c1cc(C(F)(F)F)ccc1Cl. The first kappa shape index (κ1) is 19.5. The molecule has 25 heavy (non-hydrogen) atoms. The lowest BCUT2D eigenvalue weighted by Crippen LogP contribution is -2.17. The van der Waals surface area contributed by atoms with Crippen LogP contribution in [0.25, 0.3) is 0 Å². The van der Waals surface area contributed by atoms with Crippen LogP contribution >= 0.6 is 22.9 Å². The Labute approximate surface area is 149 Å². The smallest absolute Gasteiger partial charge is 0.416 e. The molecule has 0 saturated heterocycles. The molecule has 0 radical (unpaired) electrons. The Morgan fingerprint density at radius 3 is 2.68 bits per heavy atom. The number of ether oxygens (including phenoxy) is 1. The molecule has 0 aliphatic rings. The highest BCUT2D eigenvalue weighted by Crippen LogP contribution is 2.34. The monoisotopic (exact) mass is 414 g/mol. The van der Waals surface area contributed by atoms with Crippen LogP contribution < -0.4 is 4.72 Å². The topological polar surface area (TPSA) is 85.4 Å². The van der Waals surface area contributed by atoms with Crippen LogP contribution in [-0.4, -0.2) is 26.0 Å². The quantitative estimate of drug-likeness (QED) is 0.752. The first-order chi connectivity index (χ1) is 11.6. The molecule has 0 saturated carbocycles. The van der Waals surface area contributed by atoms with Gasteiger partial charge in [-0.1, -0.05) is 11.6 Å². The number of aromatic nitrogens is 1. The van der Waals surface area contributed by atoms with E-state index in [1.165, 1.54) is 5.51 Å². The van der Waals surface area contributed by atoms with Gasteiger partial charge < -0.3 is 4.74 Å². The molecule has 12 heteroatoms. The van der Waals surface area contributed by atoms with E-state index in [1.807, 2.05) is 4.72 Å². The summed E-state index contributed by atoms with van der Waals surface area (Å²) in [6.45, 7) is 1.60. The largest absolute Gasteiger partial charge is 0.461 e. The summed E-state index contributed by atoms with van der Waals surface area (Å²) in [5, 5.41) is -0.588. The zero-order valence-electron chi connectivity index (χ0n) is 12.4. The Morgan fingerprint density at radius 1 is 1.40 bits per heavy atom. The minimum absolute atomic E-state index is 0.0437. The number of sulfonamides is 1. The number of alkyl halides is 3. The van der Waals surface area contributed by atoms with E-state index in [4.69, 9.17) is 16.3 Å². The van der Waals surface area contributed by atoms with Crippen molar-refractivity contribution < 1.29 is 31.1 Å². The third-order valence-electron chi connectivity index (χ3n) is 2.81. The van der Waals surface area contributed by atoms with E-state index in [9.17, 15) is 26.4 Å². The number of hydrogen-bond donors (Lipinski definition) is 1. The number of nitrogens with zero attached hydrogens (tertiary/aromatic N) is 1. The van der Waals surface area contributed by atoms with Gasteiger partial charge in [0, 0.05) is 0 Å². The van der Waals surface area contributed by atoms with Crippen molar-refractivity contribution in [3.05, 3.63) is 40.0 Å². The predicted octanol–water partition coefficient (Wildman–Crippen LogP) is 3.79. The van der Waals surface area contributed by atoms with Crippen LogP contribution in [0.15, 0.2) is 28.6 Å². The number of halogens is 4. The van der Waals surface area contributed by atoms with E-state index in [0.717, 1.165) is 17.4 Å². The second kappa shape index (κ2) is 7.18. The van der Waals surface area contributed by atoms with Gasteiger partial charge >= 0.3 is 12.1 Å². The molecule has 0 amide bonds. The van der Waals surface area contributed by atoms with Crippen molar-refractivity contribution >= 4 is 43.9 Å². The maximum atomic E-state index is 12.8. The maximum absolute atomic E-state index is 12.8. The second-order valence-electron chi connectivity index (χ2n) is 4.50. The number of hydrogen-bond acceptors (Lipinski definition) is 6. The lowest BCUT2D eigenvalue weighted by molar-refractivity contribution is -0.137. The molecule has 1 aromatic carbocycles. The highest BCUT2D eigenvalue weighted by atomic mass is 35.5. The number of esters is 1. The number of nitrogens with one attached hydrogen (secondary N) is 1. The summed E-state index contributed by atoms with van der Waals surface area (Å²) in [5.74, 6) is -0.864. The van der Waals surface area contributed by atoms with Crippen molar-refractivity contribution in [2.75, 3.05) is 11.3 Å². The Balaban J connectivity index is 2.42. The molecule has 2 rings (SSSR count). The van der Waals surface area contributed by atoms with Crippen LogP contribution in [0, 0.1) is 0 Å². The summed E-state index contributed by atoms with van der Waals surface area (Å²) >= 11 is 6.51. The van der Waals surface area contributed by atoms with Gasteiger partial charge in [-0.15, -0.1) is 11.3 Å². The summed E-state index contributed by atoms with van der Waals surface area (Å²) < 4.78 is 69.9. The highest BCUT2D eigenvalue weighted by molar-refractivity contribution is 7.93. The van der Waals surface area contributed by atoms with Gasteiger partial charge in [0.25, 0.3) is 10.0 Å². The molecule has 0 atom stereocenters. The van der Waals surface area contributed by atoms with Crippen molar-refractivity contribution in [1.29, 1.82) is 0 Å². The molecule has 0 spiro atoms. The molecule has 136 valence electrons. The van der Waals surface area contributed by atoms with Crippen molar-refractivity contribution in [2.24, 2.45) is 0 Å². The first-order valence-corrected chi connectivity index (χ1v) is 9.30. The van der Waals surface area contributed by atoms with Gasteiger partial charge in [0.2, 0.25) is 0 Å². The molecule has 0 bridgehead atoms. The summed E-state index contributed by atoms with van der Waals surface area (Å²) in [7, 11) is -4.49. The van der Waals surface area contributed by atoms with Crippen LogP contribution in [0.1, 0.15) is 23.0 Å². The van der Waals surface area contributed by atoms with Crippen LogP contribution in [0.5, 0.6) is 0 Å². The molecule has 0 aliphatic heterocycles. The second-order valence-corrected chi connectivity index (χ2v) is 7.41. The number of rotatable bonds is 5. The fourth-order valence-electron chi connectivity index (χ4n) is 1.73. The Hall–Kier alpha value is -1.85. The van der Waals surface area contributed by atoms with Crippen molar-refractivity contribution in [1.82, 2.24) is 4.98 Å². The number of benzene rings is 1. The molecule has 1 aromatic heterocycles. The van der Waals surface area contributed by atoms with Gasteiger partial charge in [-0.3, -0.25) is 4.72 Å². The Bertz CT molecular complexity index is 897. The van der Waals surface area contributed by atoms with Gasteiger partial charge in [-0.05, 0) is 25.1 Å². The summed E-state index contributed by atoms with van der Waals surface area (Å²) in [6.07, 6.45) is -4.74. The molecule has 1 N–H and O–H groups in total. The number of carbonyl (C=O) groups excluding carboxylic acids is 1. The molecular formula is C13H10ClF3N2O4S2. The summed E-state index contributed by atoms with van der Waals surface area (Å²) in [4.78, 5) is 14.6. The van der Waals surface area contributed by atoms with E-state index in [1.54, 1.807) is 6.92 Å². The highest BCUT2D eigenvalue weighted by Gasteiger charge is 2.33. The normalized spacial score (nSPS) is 12.0. The average Bonchev–Trinajstić information content (AvgIpc) is 2.94. The van der Waals surface area contributed by atoms with Crippen molar-refractivity contribution in [3.8, 4) is 0 Å². The third-order valence-corrected chi connectivity index (χ3v) is 5.51. The molecule has 2 aromatic rings. The molecular weight excluding hydrogens is 405 g/mol. The van der Waals surface area contributed by atoms with Gasteiger partial charge in [0.05, 0.1) is 22.7 Å². The van der Waals surface area contributed by atoms with Crippen LogP contribution in [-0.2, 0) is 20.9 Å². The molecule has 0 aliphatic carbocycles. The fraction of sp³-hybridized carbons (Fsp3) is 0.231. The van der Waals surface area contributed by atoms with Crippen molar-refractivity contribution in [3.63, 3.8) is 0 Å². The van der Waals surface area contributed by atoms with Crippen molar-refractivity contribution in [2.45, 2.75) is 18.0 Å². The van der Waals surface area contributed by atoms with E-state index in [0.29, 0.717) is 12.1 Å². The van der Waals surface area contributed by atoms with E-state index in [-0.39, 0.29) is 17.3 Å². The predicted molar refractivity (Wildman–Crippen MR) is 85.3 cm³/mol. The third kappa shape index (κ3) is 4.41. The van der Waals surface area contributed by atoms with Gasteiger partial charge in [-0.2, -0.15) is 13.2 Å². The van der Waals surface area contributed by atoms with Gasteiger partial charge in [0.1, 0.15) is 9.90 Å². The van der Waals surface area contributed by atoms with E-state index >= 15 is 0 Å². The lowest BCUT2D eigenvalue weighted by Gasteiger charge is -2.12. The summed E-state index contributed by atoms with van der Waals surface area (Å²) in [6, 6.07) is 1.91. The molecule has 1 heterocycles.